The van der Waals surface area contributed by atoms with Gasteiger partial charge < -0.3 is 9.84 Å². The summed E-state index contributed by atoms with van der Waals surface area (Å²) in [6, 6.07) is 6.47. The minimum absolute atomic E-state index is 0.0397. The van der Waals surface area contributed by atoms with Crippen molar-refractivity contribution in [3.63, 3.8) is 0 Å². The van der Waals surface area contributed by atoms with Crippen LogP contribution in [-0.2, 0) is 11.0 Å². The summed E-state index contributed by atoms with van der Waals surface area (Å²) in [4.78, 5) is 22.7. The molecule has 8 nitrogen and oxygen atoms in total. The van der Waals surface area contributed by atoms with Gasteiger partial charge in [0.15, 0.2) is 5.82 Å². The van der Waals surface area contributed by atoms with Gasteiger partial charge >= 0.3 is 12.1 Å². The second kappa shape index (κ2) is 7.49. The quantitative estimate of drug-likeness (QED) is 0.643. The average molecular weight is 407 g/mol. The number of halogens is 3. The maximum atomic E-state index is 12.6. The first-order valence-electron chi connectivity index (χ1n) is 8.35. The lowest BCUT2D eigenvalue weighted by molar-refractivity contribution is -0.148. The zero-order chi connectivity index (χ0) is 21.2. The van der Waals surface area contributed by atoms with Crippen molar-refractivity contribution >= 4 is 5.97 Å². The molecule has 0 unspecified atom stereocenters. The van der Waals surface area contributed by atoms with Gasteiger partial charge in [0.05, 0.1) is 5.41 Å². The summed E-state index contributed by atoms with van der Waals surface area (Å²) in [6.45, 7) is 3.05. The Morgan fingerprint density at radius 2 is 1.76 bits per heavy atom. The fourth-order valence-corrected chi connectivity index (χ4v) is 2.16. The largest absolute Gasteiger partial charge is 0.481 e. The van der Waals surface area contributed by atoms with Crippen molar-refractivity contribution in [2.75, 3.05) is 6.61 Å². The summed E-state index contributed by atoms with van der Waals surface area (Å²) < 4.78 is 43.2. The van der Waals surface area contributed by atoms with E-state index >= 15 is 0 Å². The average Bonchev–Trinajstić information content (AvgIpc) is 3.18. The first kappa shape index (κ1) is 20.2. The van der Waals surface area contributed by atoms with Gasteiger partial charge in [-0.15, -0.1) is 5.10 Å². The topological polar surface area (TPSA) is 114 Å². The van der Waals surface area contributed by atoms with Crippen molar-refractivity contribution in [3.05, 3.63) is 42.5 Å². The van der Waals surface area contributed by atoms with Gasteiger partial charge in [0.25, 0.3) is 5.82 Å². The number of carbonyl (C=O) groups is 1. The molecular formula is C18H16F3N5O3. The molecule has 0 amide bonds. The van der Waals surface area contributed by atoms with Crippen LogP contribution in [0.2, 0.25) is 0 Å². The van der Waals surface area contributed by atoms with Crippen molar-refractivity contribution in [2.45, 2.75) is 20.0 Å². The number of H-pyrrole nitrogens is 1. The van der Waals surface area contributed by atoms with E-state index in [0.29, 0.717) is 11.1 Å². The van der Waals surface area contributed by atoms with Gasteiger partial charge in [-0.1, -0.05) is 6.07 Å². The van der Waals surface area contributed by atoms with Crippen molar-refractivity contribution in [1.29, 1.82) is 0 Å². The number of nitrogens with zero attached hydrogens (tertiary/aromatic N) is 4. The van der Waals surface area contributed by atoms with Crippen molar-refractivity contribution < 1.29 is 27.8 Å². The van der Waals surface area contributed by atoms with Gasteiger partial charge in [0.2, 0.25) is 5.88 Å². The highest BCUT2D eigenvalue weighted by molar-refractivity contribution is 5.73. The number of ether oxygens (including phenoxy) is 1. The molecule has 0 aliphatic carbocycles. The Morgan fingerprint density at radius 1 is 1.10 bits per heavy atom. The summed E-state index contributed by atoms with van der Waals surface area (Å²) in [5.41, 5.74) is 0.532. The summed E-state index contributed by atoms with van der Waals surface area (Å²) in [5.74, 6) is -2.06. The maximum absolute atomic E-state index is 12.6. The molecule has 0 spiro atoms. The monoisotopic (exact) mass is 407 g/mol. The van der Waals surface area contributed by atoms with Crippen LogP contribution in [0.5, 0.6) is 5.88 Å². The number of hydrogen-bond acceptors (Lipinski definition) is 6. The predicted octanol–water partition coefficient (Wildman–Crippen LogP) is 3.44. The van der Waals surface area contributed by atoms with Crippen LogP contribution in [0.4, 0.5) is 13.2 Å². The van der Waals surface area contributed by atoms with Crippen LogP contribution in [0, 0.1) is 5.41 Å². The number of rotatable bonds is 6. The van der Waals surface area contributed by atoms with Gasteiger partial charge in [0, 0.05) is 29.6 Å². The Kier molecular flexibility index (Phi) is 5.23. The molecule has 3 aromatic heterocycles. The molecule has 3 heterocycles. The van der Waals surface area contributed by atoms with Gasteiger partial charge in [0.1, 0.15) is 12.3 Å². The molecule has 29 heavy (non-hydrogen) atoms. The number of carboxylic acids is 1. The standard InChI is InChI=1S/C18H16F3N5O3/c1-17(2,16(27)28)9-29-13-6-4-11(8-23-13)10-3-5-12(22-7-10)14-24-15(26-25-14)18(19,20)21/h3-8H,9H2,1-2H3,(H,27,28)(H,24,25,26). The smallest absolute Gasteiger partial charge is 0.453 e. The lowest BCUT2D eigenvalue weighted by Gasteiger charge is -2.18. The van der Waals surface area contributed by atoms with Gasteiger partial charge in [-0.05, 0) is 26.0 Å². The van der Waals surface area contributed by atoms with Crippen LogP contribution in [-0.4, -0.2) is 42.8 Å². The second-order valence-electron chi connectivity index (χ2n) is 6.80. The maximum Gasteiger partial charge on any atom is 0.453 e. The molecule has 3 aromatic rings. The second-order valence-corrected chi connectivity index (χ2v) is 6.80. The summed E-state index contributed by atoms with van der Waals surface area (Å²) in [6.07, 6.45) is -1.64. The third-order valence-corrected chi connectivity index (χ3v) is 3.97. The highest BCUT2D eigenvalue weighted by atomic mass is 19.4. The number of carboxylic acid groups (broad SMARTS) is 1. The van der Waals surface area contributed by atoms with Crippen LogP contribution in [0.1, 0.15) is 19.7 Å². The van der Waals surface area contributed by atoms with E-state index in [0.717, 1.165) is 0 Å². The van der Waals surface area contributed by atoms with Gasteiger partial charge in [-0.3, -0.25) is 14.9 Å². The Morgan fingerprint density at radius 3 is 2.24 bits per heavy atom. The van der Waals surface area contributed by atoms with E-state index in [1.54, 1.807) is 32.0 Å². The summed E-state index contributed by atoms with van der Waals surface area (Å²) in [7, 11) is 0. The fraction of sp³-hybridized carbons (Fsp3) is 0.278. The third-order valence-electron chi connectivity index (χ3n) is 3.97. The molecular weight excluding hydrogens is 391 g/mol. The van der Waals surface area contributed by atoms with E-state index < -0.39 is 23.4 Å². The zero-order valence-corrected chi connectivity index (χ0v) is 15.4. The van der Waals surface area contributed by atoms with E-state index in [2.05, 4.69) is 25.1 Å². The highest BCUT2D eigenvalue weighted by Gasteiger charge is 2.36. The van der Waals surface area contributed by atoms with E-state index in [-0.39, 0.29) is 24.0 Å². The van der Waals surface area contributed by atoms with Crippen LogP contribution >= 0.6 is 0 Å². The highest BCUT2D eigenvalue weighted by Crippen LogP contribution is 2.28. The molecule has 0 radical (unpaired) electrons. The molecule has 0 fully saturated rings. The Balaban J connectivity index is 1.70. The first-order chi connectivity index (χ1) is 13.6. The van der Waals surface area contributed by atoms with E-state index in [1.165, 1.54) is 18.5 Å². The molecule has 0 saturated heterocycles. The zero-order valence-electron chi connectivity index (χ0n) is 15.4. The number of aliphatic carboxylic acids is 1. The van der Waals surface area contributed by atoms with Crippen LogP contribution in [0.15, 0.2) is 36.7 Å². The molecule has 0 aliphatic rings. The molecule has 0 bridgehead atoms. The number of pyridine rings is 2. The normalized spacial score (nSPS) is 12.0. The lowest BCUT2D eigenvalue weighted by Crippen LogP contribution is -2.30. The minimum atomic E-state index is -4.64. The number of alkyl halides is 3. The summed E-state index contributed by atoms with van der Waals surface area (Å²) in [5, 5.41) is 14.4. The minimum Gasteiger partial charge on any atom is -0.481 e. The van der Waals surface area contributed by atoms with Crippen molar-refractivity contribution in [1.82, 2.24) is 25.1 Å². The Bertz CT molecular complexity index is 999. The van der Waals surface area contributed by atoms with E-state index in [1.807, 2.05) is 0 Å². The van der Waals surface area contributed by atoms with E-state index in [4.69, 9.17) is 9.84 Å². The molecule has 0 aromatic carbocycles. The molecule has 152 valence electrons. The van der Waals surface area contributed by atoms with Crippen molar-refractivity contribution in [3.8, 4) is 28.5 Å². The predicted molar refractivity (Wildman–Crippen MR) is 94.8 cm³/mol. The first-order valence-corrected chi connectivity index (χ1v) is 8.35. The van der Waals surface area contributed by atoms with Crippen LogP contribution < -0.4 is 4.74 Å². The number of aromatic nitrogens is 5. The molecule has 3 rings (SSSR count). The molecule has 0 aliphatic heterocycles. The lowest BCUT2D eigenvalue weighted by atomic mass is 9.95. The molecule has 11 heteroatoms. The number of nitrogens with one attached hydrogen (secondary N) is 1. The number of aromatic amines is 1. The fourth-order valence-electron chi connectivity index (χ4n) is 2.16. The third kappa shape index (κ3) is 4.68. The molecule has 2 N–H and O–H groups in total. The molecule has 0 atom stereocenters. The van der Waals surface area contributed by atoms with E-state index in [9.17, 15) is 18.0 Å². The van der Waals surface area contributed by atoms with Crippen LogP contribution in [0.3, 0.4) is 0 Å². The van der Waals surface area contributed by atoms with Crippen molar-refractivity contribution in [2.24, 2.45) is 5.41 Å². The number of hydrogen-bond donors (Lipinski definition) is 2. The SMILES string of the molecule is CC(C)(COc1ccc(-c2ccc(-c3nc(C(F)(F)F)n[nH]3)nc2)cn1)C(=O)O. The molecule has 0 saturated carbocycles. The Labute approximate surface area is 162 Å². The van der Waals surface area contributed by atoms with Gasteiger partial charge in [-0.2, -0.15) is 13.2 Å². The Hall–Kier alpha value is -3.50. The van der Waals surface area contributed by atoms with Crippen LogP contribution in [0.25, 0.3) is 22.6 Å². The van der Waals surface area contributed by atoms with Gasteiger partial charge in [-0.25, -0.2) is 9.97 Å². The summed E-state index contributed by atoms with van der Waals surface area (Å²) >= 11 is 0.